The number of anilines is 1. The highest BCUT2D eigenvalue weighted by Gasteiger charge is 2.29. The summed E-state index contributed by atoms with van der Waals surface area (Å²) in [4.78, 5) is 16.2. The molecule has 8 nitrogen and oxygen atoms in total. The molecular formula is C10H13ClN4O4S. The average molecular weight is 321 g/mol. The molecule has 0 bridgehead atoms. The summed E-state index contributed by atoms with van der Waals surface area (Å²) in [5.74, 6) is 0.264. The first-order chi connectivity index (χ1) is 9.45. The zero-order valence-electron chi connectivity index (χ0n) is 10.5. The van der Waals surface area contributed by atoms with Crippen LogP contribution in [0.5, 0.6) is 0 Å². The number of hydrogen-bond donors (Lipinski definition) is 0. The lowest BCUT2D eigenvalue weighted by Crippen LogP contribution is -2.49. The van der Waals surface area contributed by atoms with Crippen LogP contribution in [0.3, 0.4) is 0 Å². The molecule has 2 rings (SSSR count). The average Bonchev–Trinajstić information content (AvgIpc) is 2.47. The lowest BCUT2D eigenvalue weighted by atomic mass is 10.3. The van der Waals surface area contributed by atoms with Gasteiger partial charge in [-0.2, -0.15) is 4.31 Å². The first kappa shape index (κ1) is 14.9. The van der Waals surface area contributed by atoms with E-state index < -0.39 is 20.2 Å². The standard InChI is InChI=1S/C10H13ClN4O4S/c11-8-20(18,19)14-6-4-13(5-7-14)10-9(15(16)17)2-1-3-12-10/h1-3H,4-8H2. The van der Waals surface area contributed by atoms with Crippen molar-refractivity contribution in [2.45, 2.75) is 0 Å². The maximum Gasteiger partial charge on any atom is 0.311 e. The molecule has 1 aliphatic rings. The summed E-state index contributed by atoms with van der Waals surface area (Å²) in [7, 11) is -3.44. The van der Waals surface area contributed by atoms with E-state index in [0.29, 0.717) is 13.1 Å². The third-order valence-corrected chi connectivity index (χ3v) is 5.29. The van der Waals surface area contributed by atoms with Gasteiger partial charge in [0.05, 0.1) is 4.92 Å². The molecular weight excluding hydrogens is 308 g/mol. The van der Waals surface area contributed by atoms with Gasteiger partial charge >= 0.3 is 5.69 Å². The zero-order chi connectivity index (χ0) is 14.8. The third-order valence-electron chi connectivity index (χ3n) is 3.03. The highest BCUT2D eigenvalue weighted by molar-refractivity contribution is 7.90. The molecule has 0 N–H and O–H groups in total. The van der Waals surface area contributed by atoms with Crippen LogP contribution in [0, 0.1) is 10.1 Å². The SMILES string of the molecule is O=[N+]([O-])c1cccnc1N1CCN(S(=O)(=O)CCl)CC1. The molecule has 0 aliphatic carbocycles. The molecule has 0 amide bonds. The van der Waals surface area contributed by atoms with Crippen LogP contribution in [-0.2, 0) is 10.0 Å². The normalized spacial score (nSPS) is 17.1. The largest absolute Gasteiger partial charge is 0.348 e. The number of aromatic nitrogens is 1. The first-order valence-corrected chi connectivity index (χ1v) is 7.98. The Morgan fingerprint density at radius 3 is 2.55 bits per heavy atom. The summed E-state index contributed by atoms with van der Waals surface area (Å²) in [6.07, 6.45) is 1.48. The second kappa shape index (κ2) is 5.90. The fraction of sp³-hybridized carbons (Fsp3) is 0.500. The van der Waals surface area contributed by atoms with Crippen LogP contribution in [0.4, 0.5) is 11.5 Å². The van der Waals surface area contributed by atoms with Crippen molar-refractivity contribution in [2.24, 2.45) is 0 Å². The van der Waals surface area contributed by atoms with Crippen molar-refractivity contribution in [3.63, 3.8) is 0 Å². The van der Waals surface area contributed by atoms with Crippen molar-refractivity contribution in [2.75, 3.05) is 36.3 Å². The fourth-order valence-electron chi connectivity index (χ4n) is 2.02. The molecule has 1 aromatic rings. The predicted octanol–water partition coefficient (Wildman–Crippen LogP) is 0.638. The molecule has 2 heterocycles. The van der Waals surface area contributed by atoms with Crippen molar-refractivity contribution >= 4 is 33.1 Å². The van der Waals surface area contributed by atoms with Gasteiger partial charge in [0.1, 0.15) is 5.21 Å². The Morgan fingerprint density at radius 2 is 2.00 bits per heavy atom. The molecule has 0 saturated carbocycles. The Balaban J connectivity index is 2.14. The Kier molecular flexibility index (Phi) is 4.41. The topological polar surface area (TPSA) is 96.7 Å². The second-order valence-corrected chi connectivity index (χ2v) is 6.76. The van der Waals surface area contributed by atoms with Crippen LogP contribution in [0.25, 0.3) is 0 Å². The quantitative estimate of drug-likeness (QED) is 0.459. The molecule has 20 heavy (non-hydrogen) atoms. The Hall–Kier alpha value is -1.45. The number of alkyl halides is 1. The number of rotatable bonds is 4. The van der Waals surface area contributed by atoms with E-state index in [1.807, 2.05) is 0 Å². The first-order valence-electron chi connectivity index (χ1n) is 5.84. The summed E-state index contributed by atoms with van der Waals surface area (Å²) in [5.41, 5.74) is -0.0823. The van der Waals surface area contributed by atoms with E-state index in [1.165, 1.54) is 22.6 Å². The maximum atomic E-state index is 11.6. The molecule has 10 heteroatoms. The number of nitrogens with zero attached hydrogens (tertiary/aromatic N) is 4. The van der Waals surface area contributed by atoms with Crippen LogP contribution < -0.4 is 4.90 Å². The minimum atomic E-state index is -3.44. The predicted molar refractivity (Wildman–Crippen MR) is 74.3 cm³/mol. The summed E-state index contributed by atoms with van der Waals surface area (Å²) in [5, 5.41) is 10.5. The van der Waals surface area contributed by atoms with Gasteiger partial charge in [-0.1, -0.05) is 0 Å². The summed E-state index contributed by atoms with van der Waals surface area (Å²) < 4.78 is 24.5. The van der Waals surface area contributed by atoms with Crippen molar-refractivity contribution in [1.82, 2.24) is 9.29 Å². The van der Waals surface area contributed by atoms with Crippen molar-refractivity contribution < 1.29 is 13.3 Å². The highest BCUT2D eigenvalue weighted by Crippen LogP contribution is 2.26. The van der Waals surface area contributed by atoms with E-state index in [4.69, 9.17) is 11.6 Å². The van der Waals surface area contributed by atoms with E-state index in [1.54, 1.807) is 4.90 Å². The maximum absolute atomic E-state index is 11.6. The van der Waals surface area contributed by atoms with E-state index in [9.17, 15) is 18.5 Å². The Morgan fingerprint density at radius 1 is 1.35 bits per heavy atom. The monoisotopic (exact) mass is 320 g/mol. The van der Waals surface area contributed by atoms with Gasteiger partial charge in [0.25, 0.3) is 0 Å². The molecule has 0 radical (unpaired) electrons. The molecule has 1 aromatic heterocycles. The van der Waals surface area contributed by atoms with E-state index in [0.717, 1.165) is 0 Å². The van der Waals surface area contributed by atoms with Crippen LogP contribution in [0.2, 0.25) is 0 Å². The van der Waals surface area contributed by atoms with Gasteiger partial charge in [0.15, 0.2) is 0 Å². The zero-order valence-corrected chi connectivity index (χ0v) is 12.0. The van der Waals surface area contributed by atoms with Crippen LogP contribution in [0.1, 0.15) is 0 Å². The number of pyridine rings is 1. The number of sulfonamides is 1. The lowest BCUT2D eigenvalue weighted by molar-refractivity contribution is -0.384. The van der Waals surface area contributed by atoms with Gasteiger partial charge in [-0.05, 0) is 6.07 Å². The molecule has 1 saturated heterocycles. The fourth-order valence-corrected chi connectivity index (χ4v) is 3.29. The van der Waals surface area contributed by atoms with E-state index in [-0.39, 0.29) is 24.6 Å². The van der Waals surface area contributed by atoms with Gasteiger partial charge in [0, 0.05) is 38.4 Å². The van der Waals surface area contributed by atoms with Crippen LogP contribution in [-0.4, -0.2) is 54.0 Å². The third kappa shape index (κ3) is 3.00. The molecule has 0 spiro atoms. The molecule has 1 aliphatic heterocycles. The van der Waals surface area contributed by atoms with E-state index in [2.05, 4.69) is 4.98 Å². The van der Waals surface area contributed by atoms with Crippen molar-refractivity contribution in [3.8, 4) is 0 Å². The summed E-state index contributed by atoms with van der Waals surface area (Å²) in [6.45, 7) is 1.16. The molecule has 1 fully saturated rings. The summed E-state index contributed by atoms with van der Waals surface area (Å²) in [6, 6.07) is 2.88. The van der Waals surface area contributed by atoms with Gasteiger partial charge in [-0.15, -0.1) is 11.6 Å². The minimum Gasteiger partial charge on any atom is -0.348 e. The molecule has 110 valence electrons. The van der Waals surface area contributed by atoms with Gasteiger partial charge < -0.3 is 4.90 Å². The Bertz CT molecular complexity index is 601. The van der Waals surface area contributed by atoms with Crippen molar-refractivity contribution in [3.05, 3.63) is 28.4 Å². The number of piperazine rings is 1. The number of nitro groups is 1. The van der Waals surface area contributed by atoms with Gasteiger partial charge in [0.2, 0.25) is 15.8 Å². The number of halogens is 1. The Labute approximate surface area is 121 Å². The number of hydrogen-bond acceptors (Lipinski definition) is 6. The van der Waals surface area contributed by atoms with Gasteiger partial charge in [-0.25, -0.2) is 13.4 Å². The minimum absolute atomic E-state index is 0.0823. The van der Waals surface area contributed by atoms with Crippen LogP contribution in [0.15, 0.2) is 18.3 Å². The summed E-state index contributed by atoms with van der Waals surface area (Å²) >= 11 is 5.40. The van der Waals surface area contributed by atoms with Crippen molar-refractivity contribution in [1.29, 1.82) is 0 Å². The lowest BCUT2D eigenvalue weighted by Gasteiger charge is -2.33. The molecule has 0 unspecified atom stereocenters. The van der Waals surface area contributed by atoms with E-state index >= 15 is 0 Å². The molecule has 0 aromatic carbocycles. The smallest absolute Gasteiger partial charge is 0.311 e. The van der Waals surface area contributed by atoms with Gasteiger partial charge in [-0.3, -0.25) is 10.1 Å². The second-order valence-electron chi connectivity index (χ2n) is 4.21. The molecule has 0 atom stereocenters. The van der Waals surface area contributed by atoms with Crippen LogP contribution >= 0.6 is 11.6 Å². The highest BCUT2D eigenvalue weighted by atomic mass is 35.5.